The Morgan fingerprint density at radius 1 is 1.15 bits per heavy atom. The number of pyridine rings is 1. The predicted octanol–water partition coefficient (Wildman–Crippen LogP) is 4.60. The van der Waals surface area contributed by atoms with Crippen molar-refractivity contribution in [1.29, 1.82) is 0 Å². The molecular formula is C26H25F4N5O5S. The summed E-state index contributed by atoms with van der Waals surface area (Å²) in [7, 11) is -2.14. The number of urea groups is 1. The molecule has 0 bridgehead atoms. The summed E-state index contributed by atoms with van der Waals surface area (Å²) >= 11 is 0. The van der Waals surface area contributed by atoms with Gasteiger partial charge in [-0.2, -0.15) is 13.2 Å². The molecule has 0 unspecified atom stereocenters. The molecule has 0 radical (unpaired) electrons. The number of nitrogens with zero attached hydrogens (tertiary/aromatic N) is 2. The third-order valence-corrected chi connectivity index (χ3v) is 6.74. The minimum absolute atomic E-state index is 0.210. The number of anilines is 3. The van der Waals surface area contributed by atoms with Crippen LogP contribution in [0.2, 0.25) is 0 Å². The number of ether oxygens (including phenoxy) is 1. The van der Waals surface area contributed by atoms with E-state index in [0.29, 0.717) is 47.4 Å². The molecule has 2 heterocycles. The summed E-state index contributed by atoms with van der Waals surface area (Å²) in [4.78, 5) is 30.5. The van der Waals surface area contributed by atoms with Crippen LogP contribution in [0.4, 0.5) is 39.5 Å². The summed E-state index contributed by atoms with van der Waals surface area (Å²) in [5, 5.41) is 4.45. The Hall–Kier alpha value is -4.40. The lowest BCUT2D eigenvalue weighted by molar-refractivity contribution is -0.138. The van der Waals surface area contributed by atoms with Gasteiger partial charge in [0, 0.05) is 18.3 Å². The second kappa shape index (κ2) is 11.6. The topological polar surface area (TPSA) is 130 Å². The summed E-state index contributed by atoms with van der Waals surface area (Å²) < 4.78 is 83.9. The lowest BCUT2D eigenvalue weighted by Gasteiger charge is -2.33. The van der Waals surface area contributed by atoms with Gasteiger partial charge in [-0.1, -0.05) is 24.3 Å². The highest BCUT2D eigenvalue weighted by molar-refractivity contribution is 7.92. The number of para-hydroxylation sites is 1. The van der Waals surface area contributed by atoms with Gasteiger partial charge in [0.25, 0.3) is 0 Å². The first-order valence-corrected chi connectivity index (χ1v) is 14.0. The largest absolute Gasteiger partial charge is 0.495 e. The van der Waals surface area contributed by atoms with Crippen molar-refractivity contribution in [3.05, 3.63) is 66.1 Å². The van der Waals surface area contributed by atoms with Gasteiger partial charge in [-0.05, 0) is 42.7 Å². The number of nitrogens with one attached hydrogen (secondary N) is 3. The Kier molecular flexibility index (Phi) is 8.37. The van der Waals surface area contributed by atoms with Crippen molar-refractivity contribution in [2.24, 2.45) is 0 Å². The van der Waals surface area contributed by atoms with Crippen molar-refractivity contribution in [2.75, 3.05) is 34.8 Å². The minimum Gasteiger partial charge on any atom is -0.495 e. The number of hydrogen-bond donors (Lipinski definition) is 3. The molecular weight excluding hydrogens is 570 g/mol. The molecule has 0 saturated carbocycles. The van der Waals surface area contributed by atoms with Crippen molar-refractivity contribution in [2.45, 2.75) is 25.1 Å². The maximum atomic E-state index is 14.1. The fourth-order valence-electron chi connectivity index (χ4n) is 4.33. The lowest BCUT2D eigenvalue weighted by atomic mass is 10.0. The van der Waals surface area contributed by atoms with E-state index in [-0.39, 0.29) is 12.5 Å². The van der Waals surface area contributed by atoms with E-state index in [1.807, 2.05) is 5.32 Å². The van der Waals surface area contributed by atoms with Gasteiger partial charge in [-0.15, -0.1) is 0 Å². The summed E-state index contributed by atoms with van der Waals surface area (Å²) in [6.45, 7) is 0.301. The Labute approximate surface area is 232 Å². The van der Waals surface area contributed by atoms with E-state index in [9.17, 15) is 35.6 Å². The SMILES string of the molecule is COc1cc(-c2ccccc2NS(C)(=O)=O)ccc1N1CCC[C@@H](NC(=O)Nc2ncc(C(F)(F)F)cc2F)C1=O. The van der Waals surface area contributed by atoms with E-state index in [2.05, 4.69) is 15.0 Å². The first kappa shape index (κ1) is 29.6. The van der Waals surface area contributed by atoms with Crippen molar-refractivity contribution in [3.8, 4) is 16.9 Å². The monoisotopic (exact) mass is 595 g/mol. The van der Waals surface area contributed by atoms with E-state index in [1.54, 1.807) is 42.5 Å². The standard InChI is InChI=1S/C26H25F4N5O5S/c1-40-22-12-15(17-6-3-4-7-19(17)34-41(2,38)39)9-10-21(22)35-11-5-8-20(24(35)36)32-25(37)33-23-18(27)13-16(14-31-23)26(28,29)30/h3-4,6-7,9-10,12-14,20,34H,5,8,11H2,1-2H3,(H2,31,32,33,37)/t20-/m1/s1. The highest BCUT2D eigenvalue weighted by atomic mass is 32.2. The van der Waals surface area contributed by atoms with E-state index < -0.39 is 51.4 Å². The molecule has 3 N–H and O–H groups in total. The first-order valence-electron chi connectivity index (χ1n) is 12.1. The molecule has 3 amide bonds. The second-order valence-corrected chi connectivity index (χ2v) is 10.9. The van der Waals surface area contributed by atoms with Crippen LogP contribution >= 0.6 is 0 Å². The molecule has 1 fully saturated rings. The van der Waals surface area contributed by atoms with Crippen LogP contribution in [-0.2, 0) is 21.0 Å². The third kappa shape index (κ3) is 7.03. The molecule has 0 aliphatic carbocycles. The number of sulfonamides is 1. The number of aromatic nitrogens is 1. The Morgan fingerprint density at radius 2 is 1.88 bits per heavy atom. The fourth-order valence-corrected chi connectivity index (χ4v) is 4.90. The van der Waals surface area contributed by atoms with Crippen LogP contribution < -0.4 is 25.0 Å². The summed E-state index contributed by atoms with van der Waals surface area (Å²) in [6.07, 6.45) is -2.64. The maximum absolute atomic E-state index is 14.1. The average Bonchev–Trinajstić information content (AvgIpc) is 2.89. The molecule has 218 valence electrons. The third-order valence-electron chi connectivity index (χ3n) is 6.15. The number of alkyl halides is 3. The molecule has 2 aromatic carbocycles. The molecule has 1 aromatic heterocycles. The van der Waals surface area contributed by atoms with Crippen molar-refractivity contribution in [3.63, 3.8) is 0 Å². The fraction of sp³-hybridized carbons (Fsp3) is 0.269. The van der Waals surface area contributed by atoms with E-state index in [0.717, 1.165) is 6.26 Å². The number of piperidine rings is 1. The smallest absolute Gasteiger partial charge is 0.417 e. The van der Waals surface area contributed by atoms with Crippen LogP contribution in [0.25, 0.3) is 11.1 Å². The van der Waals surface area contributed by atoms with E-state index in [4.69, 9.17) is 4.74 Å². The zero-order chi connectivity index (χ0) is 29.9. The number of carbonyl (C=O) groups is 2. The molecule has 1 atom stereocenters. The molecule has 15 heteroatoms. The van der Waals surface area contributed by atoms with Crippen LogP contribution in [0.5, 0.6) is 5.75 Å². The van der Waals surface area contributed by atoms with Gasteiger partial charge in [0.05, 0.1) is 30.3 Å². The van der Waals surface area contributed by atoms with Crippen molar-refractivity contribution in [1.82, 2.24) is 10.3 Å². The van der Waals surface area contributed by atoms with Crippen molar-refractivity contribution < 1.29 is 40.3 Å². The number of hydrogen-bond acceptors (Lipinski definition) is 6. The zero-order valence-electron chi connectivity index (χ0n) is 21.8. The number of methoxy groups -OCH3 is 1. The first-order chi connectivity index (χ1) is 19.3. The number of benzene rings is 2. The molecule has 4 rings (SSSR count). The minimum atomic E-state index is -4.80. The van der Waals surface area contributed by atoms with Gasteiger partial charge in [0.1, 0.15) is 11.8 Å². The summed E-state index contributed by atoms with van der Waals surface area (Å²) in [5.74, 6) is -2.29. The number of carbonyl (C=O) groups excluding carboxylic acids is 2. The summed E-state index contributed by atoms with van der Waals surface area (Å²) in [5.41, 5.74) is 0.634. The van der Waals surface area contributed by atoms with Crippen LogP contribution in [0.1, 0.15) is 18.4 Å². The van der Waals surface area contributed by atoms with Gasteiger partial charge in [-0.3, -0.25) is 14.8 Å². The second-order valence-electron chi connectivity index (χ2n) is 9.14. The van der Waals surface area contributed by atoms with Crippen LogP contribution in [0.15, 0.2) is 54.7 Å². The lowest BCUT2D eigenvalue weighted by Crippen LogP contribution is -2.53. The molecule has 1 saturated heterocycles. The number of amides is 3. The van der Waals surface area contributed by atoms with Gasteiger partial charge < -0.3 is 15.0 Å². The Bertz CT molecular complexity index is 1580. The van der Waals surface area contributed by atoms with Gasteiger partial charge in [0.2, 0.25) is 15.9 Å². The Morgan fingerprint density at radius 3 is 2.54 bits per heavy atom. The highest BCUT2D eigenvalue weighted by Crippen LogP contribution is 2.37. The van der Waals surface area contributed by atoms with Gasteiger partial charge in [0.15, 0.2) is 11.6 Å². The van der Waals surface area contributed by atoms with Crippen molar-refractivity contribution >= 4 is 39.2 Å². The normalized spacial score (nSPS) is 15.8. The van der Waals surface area contributed by atoms with Gasteiger partial charge in [-0.25, -0.2) is 22.6 Å². The molecule has 1 aliphatic rings. The van der Waals surface area contributed by atoms with E-state index >= 15 is 0 Å². The Balaban J connectivity index is 1.51. The van der Waals surface area contributed by atoms with Crippen LogP contribution in [0.3, 0.4) is 0 Å². The molecule has 41 heavy (non-hydrogen) atoms. The van der Waals surface area contributed by atoms with E-state index in [1.165, 1.54) is 12.0 Å². The predicted molar refractivity (Wildman–Crippen MR) is 144 cm³/mol. The average molecular weight is 596 g/mol. The highest BCUT2D eigenvalue weighted by Gasteiger charge is 2.34. The molecule has 3 aromatic rings. The molecule has 0 spiro atoms. The van der Waals surface area contributed by atoms with Gasteiger partial charge >= 0.3 is 12.2 Å². The summed E-state index contributed by atoms with van der Waals surface area (Å²) in [6, 6.07) is 9.89. The molecule has 1 aliphatic heterocycles. The number of halogens is 4. The van der Waals surface area contributed by atoms with Crippen LogP contribution in [-0.4, -0.2) is 51.3 Å². The van der Waals surface area contributed by atoms with Crippen LogP contribution in [0, 0.1) is 5.82 Å². The number of rotatable bonds is 7. The molecule has 10 nitrogen and oxygen atoms in total. The quantitative estimate of drug-likeness (QED) is 0.343. The zero-order valence-corrected chi connectivity index (χ0v) is 22.6. The maximum Gasteiger partial charge on any atom is 0.417 e.